The summed E-state index contributed by atoms with van der Waals surface area (Å²) in [7, 11) is 0. The van der Waals surface area contributed by atoms with E-state index in [1.165, 1.54) is 161 Å². The molecule has 0 aliphatic rings. The average Bonchev–Trinajstić information content (AvgIpc) is 3.19. The normalized spacial score (nSPS) is 14.4. The second-order valence-electron chi connectivity index (χ2n) is 16.4. The molecule has 0 aromatic rings. The zero-order valence-corrected chi connectivity index (χ0v) is 36.4. The van der Waals surface area contributed by atoms with Crippen LogP contribution in [0.25, 0.3) is 0 Å². The molecule has 6 heteroatoms. The van der Waals surface area contributed by atoms with Crippen LogP contribution in [0.1, 0.15) is 239 Å². The van der Waals surface area contributed by atoms with Crippen molar-refractivity contribution in [3.63, 3.8) is 0 Å². The Balaban J connectivity index is 3.57. The Kier molecular flexibility index (Phi) is 42.5. The highest BCUT2D eigenvalue weighted by Gasteiger charge is 2.28. The lowest BCUT2D eigenvalue weighted by Crippen LogP contribution is -2.53. The van der Waals surface area contributed by atoms with E-state index in [1.807, 2.05) is 0 Å². The number of aliphatic hydroxyl groups is 4. The van der Waals surface area contributed by atoms with Crippen molar-refractivity contribution in [3.8, 4) is 0 Å². The van der Waals surface area contributed by atoms with Gasteiger partial charge >= 0.3 is 0 Å². The van der Waals surface area contributed by atoms with Crippen molar-refractivity contribution in [2.75, 3.05) is 6.61 Å². The molecule has 0 aliphatic heterocycles. The summed E-state index contributed by atoms with van der Waals surface area (Å²) in [6, 6.07) is -1.01. The zero-order valence-electron chi connectivity index (χ0n) is 36.4. The topological polar surface area (TPSA) is 110 Å². The van der Waals surface area contributed by atoms with Gasteiger partial charge in [0.25, 0.3) is 0 Å². The Morgan fingerprint density at radius 1 is 0.455 bits per heavy atom. The highest BCUT2D eigenvalue weighted by Crippen LogP contribution is 2.16. The second-order valence-corrected chi connectivity index (χ2v) is 16.4. The van der Waals surface area contributed by atoms with E-state index >= 15 is 0 Å². The van der Waals surface area contributed by atoms with E-state index in [0.29, 0.717) is 19.3 Å². The fourth-order valence-electron chi connectivity index (χ4n) is 7.31. The molecule has 0 radical (unpaired) electrons. The maximum Gasteiger partial charge on any atom is 0.249 e. The van der Waals surface area contributed by atoms with Crippen molar-refractivity contribution >= 4 is 5.91 Å². The van der Waals surface area contributed by atoms with Gasteiger partial charge in [-0.2, -0.15) is 0 Å². The number of amides is 1. The Morgan fingerprint density at radius 2 is 0.818 bits per heavy atom. The van der Waals surface area contributed by atoms with Crippen molar-refractivity contribution in [3.05, 3.63) is 36.5 Å². The molecule has 4 atom stereocenters. The third-order valence-corrected chi connectivity index (χ3v) is 11.1. The van der Waals surface area contributed by atoms with Gasteiger partial charge < -0.3 is 25.7 Å². The molecule has 4 unspecified atom stereocenters. The lowest BCUT2D eigenvalue weighted by atomic mass is 10.00. The van der Waals surface area contributed by atoms with Gasteiger partial charge in [0.1, 0.15) is 12.2 Å². The van der Waals surface area contributed by atoms with Gasteiger partial charge in [-0.15, -0.1) is 0 Å². The highest BCUT2D eigenvalue weighted by atomic mass is 16.3. The molecule has 6 nitrogen and oxygen atoms in total. The molecule has 324 valence electrons. The summed E-state index contributed by atoms with van der Waals surface area (Å²) in [6.45, 7) is 3.91. The van der Waals surface area contributed by atoms with Crippen LogP contribution in [0.3, 0.4) is 0 Å². The number of hydrogen-bond donors (Lipinski definition) is 5. The van der Waals surface area contributed by atoms with E-state index in [1.54, 1.807) is 0 Å². The quantitative estimate of drug-likeness (QED) is 0.0313. The maximum atomic E-state index is 12.5. The summed E-state index contributed by atoms with van der Waals surface area (Å²) in [6.07, 6.45) is 52.3. The van der Waals surface area contributed by atoms with Gasteiger partial charge in [-0.05, 0) is 70.6 Å². The molecule has 55 heavy (non-hydrogen) atoms. The number of carbonyl (C=O) groups excluding carboxylic acids is 1. The first-order valence-electron chi connectivity index (χ1n) is 23.9. The summed E-state index contributed by atoms with van der Waals surface area (Å²) in [5.74, 6) is -0.599. The first-order valence-corrected chi connectivity index (χ1v) is 23.9. The average molecular weight is 776 g/mol. The van der Waals surface area contributed by atoms with Gasteiger partial charge in [0, 0.05) is 0 Å². The Labute approximate surface area is 341 Å². The maximum absolute atomic E-state index is 12.5. The molecule has 0 heterocycles. The van der Waals surface area contributed by atoms with Gasteiger partial charge in [-0.1, -0.05) is 204 Å². The SMILES string of the molecule is CC/C=C/CC/C=C/CCCC(O)C(O)C(CO)NC(=O)C(O)CCCCCCCCCCCCCCCC/C=C\CCCCCCCCCCCCCC. The zero-order chi connectivity index (χ0) is 40.3. The number of carbonyl (C=O) groups is 1. The van der Waals surface area contributed by atoms with Crippen molar-refractivity contribution in [1.82, 2.24) is 5.32 Å². The van der Waals surface area contributed by atoms with Crippen LogP contribution in [0.4, 0.5) is 0 Å². The molecular weight excluding hydrogens is 683 g/mol. The lowest BCUT2D eigenvalue weighted by molar-refractivity contribution is -0.132. The fraction of sp³-hybridized carbons (Fsp3) is 0.857. The molecular formula is C49H93NO5. The number of unbranched alkanes of at least 4 members (excludes halogenated alkanes) is 28. The molecule has 0 saturated carbocycles. The van der Waals surface area contributed by atoms with Crippen LogP contribution in [-0.4, -0.2) is 57.3 Å². The summed E-state index contributed by atoms with van der Waals surface area (Å²) < 4.78 is 0. The highest BCUT2D eigenvalue weighted by molar-refractivity contribution is 5.80. The van der Waals surface area contributed by atoms with E-state index < -0.39 is 36.9 Å². The van der Waals surface area contributed by atoms with Crippen LogP contribution in [0, 0.1) is 0 Å². The summed E-state index contributed by atoms with van der Waals surface area (Å²) in [4.78, 5) is 12.5. The van der Waals surface area contributed by atoms with Gasteiger partial charge in [0.15, 0.2) is 0 Å². The first-order chi connectivity index (χ1) is 27.0. The molecule has 0 rings (SSSR count). The Bertz CT molecular complexity index is 873. The number of aliphatic hydroxyl groups excluding tert-OH is 4. The fourth-order valence-corrected chi connectivity index (χ4v) is 7.31. The van der Waals surface area contributed by atoms with E-state index in [0.717, 1.165) is 44.9 Å². The molecule has 0 bridgehead atoms. The monoisotopic (exact) mass is 776 g/mol. The van der Waals surface area contributed by atoms with Crippen LogP contribution in [0.5, 0.6) is 0 Å². The standard InChI is InChI=1S/C49H93NO5/c1-3-5-7-9-11-13-14-15-16-17-18-19-20-21-22-23-24-25-26-27-28-29-30-31-32-33-35-37-39-41-43-47(53)49(55)50-45(44-51)48(54)46(52)42-40-38-36-34-12-10-8-6-4-2/h6,8,21-22,34,36,45-48,51-54H,3-5,7,9-20,23-33,35,37-44H2,1-2H3,(H,50,55)/b8-6+,22-21-,36-34+. The number of hydrogen-bond acceptors (Lipinski definition) is 5. The van der Waals surface area contributed by atoms with Crippen molar-refractivity contribution in [2.45, 2.75) is 263 Å². The van der Waals surface area contributed by atoms with Crippen molar-refractivity contribution in [2.24, 2.45) is 0 Å². The predicted octanol–water partition coefficient (Wildman–Crippen LogP) is 12.9. The van der Waals surface area contributed by atoms with Crippen LogP contribution in [0.15, 0.2) is 36.5 Å². The molecule has 5 N–H and O–H groups in total. The summed E-state index contributed by atoms with van der Waals surface area (Å²) >= 11 is 0. The van der Waals surface area contributed by atoms with Crippen molar-refractivity contribution in [1.29, 1.82) is 0 Å². The third kappa shape index (κ3) is 37.8. The molecule has 0 spiro atoms. The predicted molar refractivity (Wildman–Crippen MR) is 237 cm³/mol. The van der Waals surface area contributed by atoms with Crippen LogP contribution >= 0.6 is 0 Å². The van der Waals surface area contributed by atoms with E-state index in [9.17, 15) is 25.2 Å². The second kappa shape index (κ2) is 43.6. The minimum absolute atomic E-state index is 0.361. The number of rotatable bonds is 43. The van der Waals surface area contributed by atoms with Crippen LogP contribution in [0.2, 0.25) is 0 Å². The minimum Gasteiger partial charge on any atom is -0.394 e. The summed E-state index contributed by atoms with van der Waals surface area (Å²) in [5.41, 5.74) is 0. The molecule has 0 aliphatic carbocycles. The van der Waals surface area contributed by atoms with Gasteiger partial charge in [-0.25, -0.2) is 0 Å². The van der Waals surface area contributed by atoms with Gasteiger partial charge in [0.2, 0.25) is 5.91 Å². The Hall–Kier alpha value is -1.47. The number of nitrogens with one attached hydrogen (secondary N) is 1. The van der Waals surface area contributed by atoms with E-state index in [-0.39, 0.29) is 0 Å². The minimum atomic E-state index is -1.29. The van der Waals surface area contributed by atoms with E-state index in [2.05, 4.69) is 55.6 Å². The van der Waals surface area contributed by atoms with Crippen molar-refractivity contribution < 1.29 is 25.2 Å². The third-order valence-electron chi connectivity index (χ3n) is 11.1. The van der Waals surface area contributed by atoms with Gasteiger partial charge in [0.05, 0.1) is 18.8 Å². The Morgan fingerprint density at radius 3 is 1.24 bits per heavy atom. The smallest absolute Gasteiger partial charge is 0.249 e. The molecule has 0 saturated heterocycles. The molecule has 0 aromatic carbocycles. The van der Waals surface area contributed by atoms with Crippen LogP contribution < -0.4 is 5.32 Å². The lowest BCUT2D eigenvalue weighted by Gasteiger charge is -2.27. The van der Waals surface area contributed by atoms with Gasteiger partial charge in [-0.3, -0.25) is 4.79 Å². The van der Waals surface area contributed by atoms with E-state index in [4.69, 9.17) is 0 Å². The summed E-state index contributed by atoms with van der Waals surface area (Å²) in [5, 5.41) is 43.4. The largest absolute Gasteiger partial charge is 0.394 e. The number of allylic oxidation sites excluding steroid dienone is 6. The van der Waals surface area contributed by atoms with Crippen LogP contribution in [-0.2, 0) is 4.79 Å². The molecule has 1 amide bonds. The molecule has 0 fully saturated rings. The molecule has 0 aromatic heterocycles. The first kappa shape index (κ1) is 53.5.